The van der Waals surface area contributed by atoms with E-state index < -0.39 is 0 Å². The first kappa shape index (κ1) is 8.00. The third-order valence-electron chi connectivity index (χ3n) is 1.36. The first-order chi connectivity index (χ1) is 5.11. The quantitative estimate of drug-likeness (QED) is 0.526. The van der Waals surface area contributed by atoms with Crippen LogP contribution in [0.4, 0.5) is 4.79 Å². The van der Waals surface area contributed by atoms with E-state index in [-0.39, 0.29) is 18.5 Å². The third-order valence-corrected chi connectivity index (χ3v) is 1.36. The zero-order valence-corrected chi connectivity index (χ0v) is 6.63. The molecule has 0 atom stereocenters. The molecule has 1 aliphatic heterocycles. The van der Waals surface area contributed by atoms with Crippen LogP contribution < -0.4 is 5.32 Å². The van der Waals surface area contributed by atoms with Crippen LogP contribution in [-0.4, -0.2) is 49.0 Å². The summed E-state index contributed by atoms with van der Waals surface area (Å²) in [7, 11) is 3.61. The van der Waals surface area contributed by atoms with Crippen LogP contribution in [0.25, 0.3) is 0 Å². The van der Waals surface area contributed by atoms with Crippen LogP contribution >= 0.6 is 0 Å². The number of hydrogen-bond donors (Lipinski definition) is 1. The van der Waals surface area contributed by atoms with Crippen LogP contribution in [0.1, 0.15) is 0 Å². The highest BCUT2D eigenvalue weighted by atomic mass is 16.2. The van der Waals surface area contributed by atoms with Gasteiger partial charge in [-0.05, 0) is 14.1 Å². The molecule has 5 heteroatoms. The molecule has 3 amide bonds. The fourth-order valence-electron chi connectivity index (χ4n) is 0.881. The van der Waals surface area contributed by atoms with Gasteiger partial charge < -0.3 is 5.32 Å². The lowest BCUT2D eigenvalue weighted by Gasteiger charge is -2.16. The van der Waals surface area contributed by atoms with E-state index in [0.29, 0.717) is 6.67 Å². The Labute approximate surface area is 65.0 Å². The van der Waals surface area contributed by atoms with Crippen molar-refractivity contribution >= 4 is 11.9 Å². The van der Waals surface area contributed by atoms with Crippen molar-refractivity contribution in [3.8, 4) is 0 Å². The number of urea groups is 1. The monoisotopic (exact) mass is 157 g/mol. The van der Waals surface area contributed by atoms with Crippen molar-refractivity contribution in [1.82, 2.24) is 15.1 Å². The van der Waals surface area contributed by atoms with Gasteiger partial charge in [0.25, 0.3) is 5.91 Å². The molecular weight excluding hydrogens is 146 g/mol. The molecule has 11 heavy (non-hydrogen) atoms. The number of hydrogen-bond acceptors (Lipinski definition) is 3. The lowest BCUT2D eigenvalue weighted by atomic mass is 10.6. The minimum Gasteiger partial charge on any atom is -0.328 e. The predicted octanol–water partition coefficient (Wildman–Crippen LogP) is -0.943. The summed E-state index contributed by atoms with van der Waals surface area (Å²) in [6, 6.07) is -0.302. The normalized spacial score (nSPS) is 17.9. The van der Waals surface area contributed by atoms with E-state index in [1.807, 2.05) is 0 Å². The summed E-state index contributed by atoms with van der Waals surface area (Å²) in [5, 5.41) is 2.44. The second-order valence-electron chi connectivity index (χ2n) is 2.70. The van der Waals surface area contributed by atoms with Crippen LogP contribution in [0.3, 0.4) is 0 Å². The lowest BCUT2D eigenvalue weighted by Crippen LogP contribution is -2.38. The van der Waals surface area contributed by atoms with Crippen LogP contribution in [0.5, 0.6) is 0 Å². The highest BCUT2D eigenvalue weighted by Crippen LogP contribution is 1.98. The summed E-state index contributed by atoms with van der Waals surface area (Å²) < 4.78 is 0. The first-order valence-electron chi connectivity index (χ1n) is 3.34. The summed E-state index contributed by atoms with van der Waals surface area (Å²) in [6.45, 7) is 0.483. The first-order valence-corrected chi connectivity index (χ1v) is 3.34. The van der Waals surface area contributed by atoms with E-state index >= 15 is 0 Å². The van der Waals surface area contributed by atoms with Gasteiger partial charge in [0.1, 0.15) is 0 Å². The molecule has 1 N–H and O–H groups in total. The molecule has 0 aromatic heterocycles. The molecule has 0 saturated carbocycles. The Morgan fingerprint density at radius 2 is 2.18 bits per heavy atom. The predicted molar refractivity (Wildman–Crippen MR) is 38.8 cm³/mol. The van der Waals surface area contributed by atoms with E-state index in [1.165, 1.54) is 4.90 Å². The van der Waals surface area contributed by atoms with Gasteiger partial charge in [-0.25, -0.2) is 9.69 Å². The maximum atomic E-state index is 10.9. The smallest absolute Gasteiger partial charge is 0.325 e. The molecule has 0 aromatic rings. The fraction of sp³-hybridized carbons (Fsp3) is 0.667. The second kappa shape index (κ2) is 2.87. The van der Waals surface area contributed by atoms with Gasteiger partial charge in [0.2, 0.25) is 0 Å². The molecular formula is C6H11N3O2. The standard InChI is InChI=1S/C6H11N3O2/c1-8(2)4-9-5(10)3-7-6(9)11/h3-4H2,1-2H3,(H,7,11). The Bertz CT molecular complexity index is 174. The van der Waals surface area contributed by atoms with Gasteiger partial charge in [0.15, 0.2) is 0 Å². The molecule has 0 spiro atoms. The summed E-state index contributed by atoms with van der Waals surface area (Å²) in [5.41, 5.74) is 0. The minimum atomic E-state index is -0.302. The molecule has 0 bridgehead atoms. The molecule has 1 aliphatic rings. The van der Waals surface area contributed by atoms with Crippen molar-refractivity contribution in [2.75, 3.05) is 27.3 Å². The SMILES string of the molecule is CN(C)CN1C(=O)CNC1=O. The van der Waals surface area contributed by atoms with Crippen molar-refractivity contribution in [2.45, 2.75) is 0 Å². The number of nitrogens with one attached hydrogen (secondary N) is 1. The van der Waals surface area contributed by atoms with Crippen molar-refractivity contribution < 1.29 is 9.59 Å². The van der Waals surface area contributed by atoms with Gasteiger partial charge in [-0.1, -0.05) is 0 Å². The van der Waals surface area contributed by atoms with Gasteiger partial charge in [0.05, 0.1) is 13.2 Å². The number of nitrogens with zero attached hydrogens (tertiary/aromatic N) is 2. The maximum Gasteiger partial charge on any atom is 0.325 e. The van der Waals surface area contributed by atoms with Crippen LogP contribution in [0.2, 0.25) is 0 Å². The molecule has 0 aromatic carbocycles. The van der Waals surface area contributed by atoms with Crippen LogP contribution in [0.15, 0.2) is 0 Å². The Hall–Kier alpha value is -1.10. The maximum absolute atomic E-state index is 10.9. The molecule has 1 saturated heterocycles. The van der Waals surface area contributed by atoms with Crippen LogP contribution in [0, 0.1) is 0 Å². The van der Waals surface area contributed by atoms with Crippen molar-refractivity contribution in [1.29, 1.82) is 0 Å². The van der Waals surface area contributed by atoms with E-state index in [0.717, 1.165) is 0 Å². The zero-order chi connectivity index (χ0) is 8.43. The van der Waals surface area contributed by atoms with E-state index in [1.54, 1.807) is 19.0 Å². The average Bonchev–Trinajstić information content (AvgIpc) is 2.18. The van der Waals surface area contributed by atoms with Crippen molar-refractivity contribution in [3.05, 3.63) is 0 Å². The van der Waals surface area contributed by atoms with Crippen molar-refractivity contribution in [2.24, 2.45) is 0 Å². The number of rotatable bonds is 2. The third kappa shape index (κ3) is 1.68. The van der Waals surface area contributed by atoms with E-state index in [4.69, 9.17) is 0 Å². The van der Waals surface area contributed by atoms with Gasteiger partial charge in [0, 0.05) is 0 Å². The Morgan fingerprint density at radius 1 is 1.55 bits per heavy atom. The topological polar surface area (TPSA) is 52.6 Å². The average molecular weight is 157 g/mol. The zero-order valence-electron chi connectivity index (χ0n) is 6.63. The molecule has 5 nitrogen and oxygen atoms in total. The Morgan fingerprint density at radius 3 is 2.55 bits per heavy atom. The molecule has 1 rings (SSSR count). The minimum absolute atomic E-state index is 0.132. The highest BCUT2D eigenvalue weighted by Gasteiger charge is 2.28. The summed E-state index contributed by atoms with van der Waals surface area (Å²) >= 11 is 0. The van der Waals surface area contributed by atoms with Gasteiger partial charge in [-0.3, -0.25) is 9.69 Å². The largest absolute Gasteiger partial charge is 0.328 e. The van der Waals surface area contributed by atoms with Gasteiger partial charge >= 0.3 is 6.03 Å². The summed E-state index contributed by atoms with van der Waals surface area (Å²) in [5.74, 6) is -0.163. The molecule has 1 fully saturated rings. The Kier molecular flexibility index (Phi) is 2.09. The molecule has 1 heterocycles. The summed E-state index contributed by atoms with van der Waals surface area (Å²) in [6.07, 6.45) is 0. The molecule has 0 radical (unpaired) electrons. The lowest BCUT2D eigenvalue weighted by molar-refractivity contribution is -0.126. The van der Waals surface area contributed by atoms with Crippen LogP contribution in [-0.2, 0) is 4.79 Å². The number of imide groups is 1. The number of amides is 3. The second-order valence-corrected chi connectivity index (χ2v) is 2.70. The fourth-order valence-corrected chi connectivity index (χ4v) is 0.881. The summed E-state index contributed by atoms with van der Waals surface area (Å²) in [4.78, 5) is 24.8. The molecule has 0 unspecified atom stereocenters. The van der Waals surface area contributed by atoms with Crippen molar-refractivity contribution in [3.63, 3.8) is 0 Å². The van der Waals surface area contributed by atoms with Gasteiger partial charge in [-0.2, -0.15) is 0 Å². The number of carbonyl (C=O) groups is 2. The van der Waals surface area contributed by atoms with E-state index in [2.05, 4.69) is 5.32 Å². The molecule has 62 valence electrons. The van der Waals surface area contributed by atoms with E-state index in [9.17, 15) is 9.59 Å². The Balaban J connectivity index is 2.55. The molecule has 0 aliphatic carbocycles. The highest BCUT2D eigenvalue weighted by molar-refractivity contribution is 6.01. The number of carbonyl (C=O) groups excluding carboxylic acids is 2. The van der Waals surface area contributed by atoms with Gasteiger partial charge in [-0.15, -0.1) is 0 Å².